The van der Waals surface area contributed by atoms with Crippen molar-refractivity contribution in [2.24, 2.45) is 5.84 Å². The van der Waals surface area contributed by atoms with Gasteiger partial charge in [-0.25, -0.2) is 15.8 Å². The quantitative estimate of drug-likeness (QED) is 0.595. The molecule has 0 spiro atoms. The molecule has 2 rings (SSSR count). The zero-order valence-electron chi connectivity index (χ0n) is 9.53. The third-order valence-electron chi connectivity index (χ3n) is 2.15. The molecule has 0 radical (unpaired) electrons. The first-order valence-corrected chi connectivity index (χ1v) is 6.06. The lowest BCUT2D eigenvalue weighted by Crippen LogP contribution is -2.17. The molecule has 2 heterocycles. The minimum absolute atomic E-state index is 0.0590. The van der Waals surface area contributed by atoms with Crippen molar-refractivity contribution in [3.63, 3.8) is 0 Å². The molecule has 0 atom stereocenters. The molecule has 0 aromatic carbocycles. The van der Waals surface area contributed by atoms with Crippen LogP contribution in [0.3, 0.4) is 0 Å². The Labute approximate surface area is 110 Å². The second-order valence-electron chi connectivity index (χ2n) is 3.54. The molecule has 0 amide bonds. The highest BCUT2D eigenvalue weighted by atomic mass is 32.1. The van der Waals surface area contributed by atoms with Crippen LogP contribution in [0, 0.1) is 0 Å². The second-order valence-corrected chi connectivity index (χ2v) is 4.57. The summed E-state index contributed by atoms with van der Waals surface area (Å²) in [6.07, 6.45) is -4.62. The van der Waals surface area contributed by atoms with Gasteiger partial charge in [0.2, 0.25) is 5.82 Å². The van der Waals surface area contributed by atoms with E-state index in [0.717, 1.165) is 4.88 Å². The maximum absolute atomic E-state index is 12.6. The molecular weight excluding hydrogens is 279 g/mol. The van der Waals surface area contributed by atoms with Crippen LogP contribution in [0.4, 0.5) is 24.8 Å². The molecule has 2 aromatic rings. The van der Waals surface area contributed by atoms with E-state index in [9.17, 15) is 13.2 Å². The van der Waals surface area contributed by atoms with E-state index in [1.165, 1.54) is 17.4 Å². The molecule has 0 unspecified atom stereocenters. The van der Waals surface area contributed by atoms with Crippen LogP contribution < -0.4 is 16.6 Å². The summed E-state index contributed by atoms with van der Waals surface area (Å²) >= 11 is 1.49. The molecule has 0 saturated carbocycles. The molecule has 19 heavy (non-hydrogen) atoms. The van der Waals surface area contributed by atoms with Crippen LogP contribution in [-0.4, -0.2) is 9.97 Å². The fourth-order valence-corrected chi connectivity index (χ4v) is 1.97. The number of nitrogens with zero attached hydrogens (tertiary/aromatic N) is 2. The van der Waals surface area contributed by atoms with Crippen LogP contribution in [0.15, 0.2) is 23.6 Å². The van der Waals surface area contributed by atoms with E-state index >= 15 is 0 Å². The van der Waals surface area contributed by atoms with Crippen molar-refractivity contribution in [3.8, 4) is 0 Å². The van der Waals surface area contributed by atoms with E-state index < -0.39 is 12.0 Å². The molecule has 0 aliphatic carbocycles. The third kappa shape index (κ3) is 3.55. The van der Waals surface area contributed by atoms with Gasteiger partial charge in [-0.3, -0.25) is 0 Å². The average molecular weight is 289 g/mol. The van der Waals surface area contributed by atoms with Crippen molar-refractivity contribution >= 4 is 23.0 Å². The largest absolute Gasteiger partial charge is 0.451 e. The molecule has 0 aliphatic rings. The number of hydrogen-bond donors (Lipinski definition) is 3. The maximum Gasteiger partial charge on any atom is 0.451 e. The molecule has 9 heteroatoms. The van der Waals surface area contributed by atoms with E-state index in [1.807, 2.05) is 17.5 Å². The van der Waals surface area contributed by atoms with E-state index in [0.29, 0.717) is 6.54 Å². The van der Waals surface area contributed by atoms with Crippen LogP contribution in [-0.2, 0) is 12.7 Å². The number of halogens is 3. The number of hydrogen-bond acceptors (Lipinski definition) is 6. The van der Waals surface area contributed by atoms with Crippen molar-refractivity contribution in [2.75, 3.05) is 10.7 Å². The van der Waals surface area contributed by atoms with Gasteiger partial charge in [-0.2, -0.15) is 13.2 Å². The summed E-state index contributed by atoms with van der Waals surface area (Å²) in [5.41, 5.74) is 2.08. The van der Waals surface area contributed by atoms with Crippen LogP contribution >= 0.6 is 11.3 Å². The molecule has 0 saturated heterocycles. The van der Waals surface area contributed by atoms with Gasteiger partial charge >= 0.3 is 6.18 Å². The van der Waals surface area contributed by atoms with Crippen molar-refractivity contribution in [2.45, 2.75) is 12.7 Å². The van der Waals surface area contributed by atoms with Crippen LogP contribution in [0.25, 0.3) is 0 Å². The Hall–Kier alpha value is -1.87. The fourth-order valence-electron chi connectivity index (χ4n) is 1.33. The Morgan fingerprint density at radius 2 is 2.00 bits per heavy atom. The number of nitrogens with one attached hydrogen (secondary N) is 2. The number of alkyl halides is 3. The third-order valence-corrected chi connectivity index (χ3v) is 3.03. The van der Waals surface area contributed by atoms with Gasteiger partial charge < -0.3 is 10.7 Å². The highest BCUT2D eigenvalue weighted by Gasteiger charge is 2.35. The lowest BCUT2D eigenvalue weighted by Gasteiger charge is -2.10. The van der Waals surface area contributed by atoms with Crippen LogP contribution in [0.2, 0.25) is 0 Å². The lowest BCUT2D eigenvalue weighted by atomic mass is 10.4. The lowest BCUT2D eigenvalue weighted by molar-refractivity contribution is -0.144. The number of hydrazine groups is 1. The van der Waals surface area contributed by atoms with Gasteiger partial charge in [0.25, 0.3) is 0 Å². The van der Waals surface area contributed by atoms with Gasteiger partial charge in [-0.05, 0) is 11.4 Å². The summed E-state index contributed by atoms with van der Waals surface area (Å²) in [6.45, 7) is 0.385. The van der Waals surface area contributed by atoms with Crippen molar-refractivity contribution in [1.29, 1.82) is 0 Å². The van der Waals surface area contributed by atoms with E-state index in [2.05, 4.69) is 20.7 Å². The van der Waals surface area contributed by atoms with Crippen molar-refractivity contribution in [3.05, 3.63) is 34.3 Å². The smallest absolute Gasteiger partial charge is 0.365 e. The summed E-state index contributed by atoms with van der Waals surface area (Å²) in [5.74, 6) is 3.81. The summed E-state index contributed by atoms with van der Waals surface area (Å²) in [4.78, 5) is 7.65. The average Bonchev–Trinajstić information content (AvgIpc) is 2.88. The van der Waals surface area contributed by atoms with E-state index in [4.69, 9.17) is 5.84 Å². The molecule has 5 nitrogen and oxygen atoms in total. The highest BCUT2D eigenvalue weighted by molar-refractivity contribution is 7.09. The van der Waals surface area contributed by atoms with Gasteiger partial charge in [0.1, 0.15) is 11.6 Å². The summed E-state index contributed by atoms with van der Waals surface area (Å²) in [5, 5.41) is 4.68. The van der Waals surface area contributed by atoms with Gasteiger partial charge in [0, 0.05) is 10.9 Å². The topological polar surface area (TPSA) is 75.9 Å². The van der Waals surface area contributed by atoms with Crippen LogP contribution in [0.1, 0.15) is 10.7 Å². The second kappa shape index (κ2) is 5.41. The highest BCUT2D eigenvalue weighted by Crippen LogP contribution is 2.28. The Balaban J connectivity index is 2.19. The van der Waals surface area contributed by atoms with Gasteiger partial charge in [0.15, 0.2) is 0 Å². The predicted molar refractivity (Wildman–Crippen MR) is 66.5 cm³/mol. The van der Waals surface area contributed by atoms with Gasteiger partial charge in [0.05, 0.1) is 6.54 Å². The number of anilines is 2. The van der Waals surface area contributed by atoms with Gasteiger partial charge in [-0.1, -0.05) is 6.07 Å². The van der Waals surface area contributed by atoms with Crippen molar-refractivity contribution in [1.82, 2.24) is 9.97 Å². The number of nitrogen functional groups attached to an aromatic ring is 1. The number of thiophene rings is 1. The summed E-state index contributed by atoms with van der Waals surface area (Å²) in [7, 11) is 0. The summed E-state index contributed by atoms with van der Waals surface area (Å²) in [6, 6.07) is 5.03. The first kappa shape index (κ1) is 13.6. The van der Waals surface area contributed by atoms with E-state index in [1.54, 1.807) is 0 Å². The van der Waals surface area contributed by atoms with Crippen molar-refractivity contribution < 1.29 is 13.2 Å². The maximum atomic E-state index is 12.6. The zero-order valence-corrected chi connectivity index (χ0v) is 10.3. The molecule has 0 bridgehead atoms. The predicted octanol–water partition coefficient (Wildman–Crippen LogP) is 2.45. The minimum Gasteiger partial charge on any atom is -0.365 e. The molecular formula is C10H10F3N5S. The minimum atomic E-state index is -4.62. The Morgan fingerprint density at radius 1 is 1.26 bits per heavy atom. The van der Waals surface area contributed by atoms with Gasteiger partial charge in [-0.15, -0.1) is 11.3 Å². The summed E-state index contributed by atoms with van der Waals surface area (Å²) < 4.78 is 37.7. The molecule has 0 aliphatic heterocycles. The molecule has 0 fully saturated rings. The number of aromatic nitrogens is 2. The number of rotatable bonds is 4. The fraction of sp³-hybridized carbons (Fsp3) is 0.200. The Morgan fingerprint density at radius 3 is 2.58 bits per heavy atom. The first-order chi connectivity index (χ1) is 8.99. The van der Waals surface area contributed by atoms with E-state index in [-0.39, 0.29) is 11.6 Å². The first-order valence-electron chi connectivity index (χ1n) is 5.18. The SMILES string of the molecule is NNc1cc(NCc2cccs2)nc(C(F)(F)F)n1. The number of nitrogens with two attached hydrogens (primary N) is 1. The monoisotopic (exact) mass is 289 g/mol. The Bertz CT molecular complexity index is 541. The molecule has 4 N–H and O–H groups in total. The zero-order chi connectivity index (χ0) is 13.9. The molecule has 2 aromatic heterocycles. The Kier molecular flexibility index (Phi) is 3.86. The standard InChI is InChI=1S/C10H10F3N5S/c11-10(12,13)9-16-7(4-8(17-9)18-14)15-5-6-2-1-3-19-6/h1-4H,5,14H2,(H2,15,16,17,18). The normalized spacial score (nSPS) is 11.4. The molecule has 102 valence electrons. The van der Waals surface area contributed by atoms with Crippen LogP contribution in [0.5, 0.6) is 0 Å².